The predicted molar refractivity (Wildman–Crippen MR) is 159 cm³/mol. The molecular formula is C35H40O7. The Morgan fingerprint density at radius 3 is 1.90 bits per heavy atom. The molecule has 0 radical (unpaired) electrons. The summed E-state index contributed by atoms with van der Waals surface area (Å²) < 4.78 is 25.2. The molecule has 0 amide bonds. The third-order valence-corrected chi connectivity index (χ3v) is 9.61. The molecule has 2 aromatic carbocycles. The highest BCUT2D eigenvalue weighted by Gasteiger charge is 2.75. The van der Waals surface area contributed by atoms with E-state index in [1.807, 2.05) is 67.6 Å². The number of carbonyl (C=O) groups is 3. The lowest BCUT2D eigenvalue weighted by molar-refractivity contribution is -0.284. The van der Waals surface area contributed by atoms with Gasteiger partial charge < -0.3 is 18.9 Å². The van der Waals surface area contributed by atoms with Crippen molar-refractivity contribution >= 4 is 30.1 Å². The first kappa shape index (κ1) is 29.8. The van der Waals surface area contributed by atoms with Gasteiger partial charge in [-0.1, -0.05) is 67.6 Å². The zero-order chi connectivity index (χ0) is 30.1. The van der Waals surface area contributed by atoms with Gasteiger partial charge in [0.05, 0.1) is 16.6 Å². The molecule has 0 aromatic heterocycles. The lowest BCUT2D eigenvalue weighted by atomic mass is 9.49. The lowest BCUT2D eigenvalue weighted by Crippen LogP contribution is -2.71. The van der Waals surface area contributed by atoms with Gasteiger partial charge in [0.25, 0.3) is 0 Å². The van der Waals surface area contributed by atoms with Gasteiger partial charge in [-0.2, -0.15) is 0 Å². The minimum absolute atomic E-state index is 0.0733. The molecule has 2 bridgehead atoms. The Labute approximate surface area is 247 Å². The van der Waals surface area contributed by atoms with Crippen LogP contribution < -0.4 is 0 Å². The molecule has 7 nitrogen and oxygen atoms in total. The fraction of sp³-hybridized carbons (Fsp3) is 0.457. The van der Waals surface area contributed by atoms with E-state index in [9.17, 15) is 14.4 Å². The van der Waals surface area contributed by atoms with E-state index >= 15 is 0 Å². The highest BCUT2D eigenvalue weighted by Crippen LogP contribution is 2.67. The van der Waals surface area contributed by atoms with Crippen LogP contribution in [0.4, 0.5) is 0 Å². The van der Waals surface area contributed by atoms with E-state index in [-0.39, 0.29) is 11.8 Å². The van der Waals surface area contributed by atoms with Crippen LogP contribution in [-0.2, 0) is 33.3 Å². The smallest absolute Gasteiger partial charge is 0.331 e. The van der Waals surface area contributed by atoms with Gasteiger partial charge in [-0.05, 0) is 75.1 Å². The number of benzene rings is 2. The van der Waals surface area contributed by atoms with Crippen molar-refractivity contribution in [1.29, 1.82) is 0 Å². The molecule has 2 aromatic rings. The van der Waals surface area contributed by atoms with Crippen molar-refractivity contribution < 1.29 is 33.3 Å². The number of hydrogen-bond donors (Lipinski definition) is 0. The third kappa shape index (κ3) is 5.54. The largest absolute Gasteiger partial charge is 0.458 e. The van der Waals surface area contributed by atoms with Gasteiger partial charge in [0, 0.05) is 19.1 Å². The maximum atomic E-state index is 13.2. The van der Waals surface area contributed by atoms with Gasteiger partial charge in [0.1, 0.15) is 12.2 Å². The molecular weight excluding hydrogens is 532 g/mol. The van der Waals surface area contributed by atoms with E-state index in [0.717, 1.165) is 17.5 Å². The Morgan fingerprint density at radius 1 is 0.810 bits per heavy atom. The van der Waals surface area contributed by atoms with Crippen molar-refractivity contribution in [2.75, 3.05) is 0 Å². The van der Waals surface area contributed by atoms with Crippen LogP contribution in [0.5, 0.6) is 0 Å². The van der Waals surface area contributed by atoms with Crippen LogP contribution >= 0.6 is 0 Å². The Bertz CT molecular complexity index is 1360. The Morgan fingerprint density at radius 2 is 1.36 bits per heavy atom. The first-order valence-electron chi connectivity index (χ1n) is 14.7. The van der Waals surface area contributed by atoms with E-state index in [0.29, 0.717) is 12.8 Å². The van der Waals surface area contributed by atoms with Crippen LogP contribution in [-0.4, -0.2) is 47.4 Å². The number of rotatable bonds is 7. The molecule has 2 aliphatic carbocycles. The van der Waals surface area contributed by atoms with Gasteiger partial charge in [-0.3, -0.25) is 4.79 Å². The molecule has 0 unspecified atom stereocenters. The molecule has 1 saturated heterocycles. The van der Waals surface area contributed by atoms with Crippen molar-refractivity contribution in [2.45, 2.75) is 83.4 Å². The van der Waals surface area contributed by atoms with Crippen LogP contribution in [0, 0.1) is 17.3 Å². The second-order valence-electron chi connectivity index (χ2n) is 12.6. The molecule has 42 heavy (non-hydrogen) atoms. The van der Waals surface area contributed by atoms with Crippen LogP contribution in [0.1, 0.15) is 65.0 Å². The highest BCUT2D eigenvalue weighted by atomic mass is 16.6. The van der Waals surface area contributed by atoms with Crippen molar-refractivity contribution in [3.63, 3.8) is 0 Å². The zero-order valence-electron chi connectivity index (χ0n) is 24.9. The SMILES string of the molecule is CC(=O)O[C@H]1[C@@H](OC(=O)C=Cc2ccccc2)C[C@H](C)[C@]23C[C@@H](C[C@@H](OC(=O)C=Cc4ccccc4)[C@@]12C)C(C)(C)O3. The quantitative estimate of drug-likeness (QED) is 0.223. The second kappa shape index (κ2) is 11.5. The average molecular weight is 573 g/mol. The summed E-state index contributed by atoms with van der Waals surface area (Å²) in [6, 6.07) is 19.0. The number of hydrogen-bond acceptors (Lipinski definition) is 7. The van der Waals surface area contributed by atoms with Crippen molar-refractivity contribution in [3.05, 3.63) is 83.9 Å². The van der Waals surface area contributed by atoms with E-state index in [1.165, 1.54) is 19.1 Å². The second-order valence-corrected chi connectivity index (χ2v) is 12.6. The highest BCUT2D eigenvalue weighted by molar-refractivity contribution is 5.88. The van der Waals surface area contributed by atoms with Crippen molar-refractivity contribution in [3.8, 4) is 0 Å². The minimum Gasteiger partial charge on any atom is -0.458 e. The molecule has 3 fully saturated rings. The summed E-state index contributed by atoms with van der Waals surface area (Å²) in [4.78, 5) is 38.8. The number of ether oxygens (including phenoxy) is 4. The summed E-state index contributed by atoms with van der Waals surface area (Å²) >= 11 is 0. The van der Waals surface area contributed by atoms with Crippen LogP contribution in [0.15, 0.2) is 72.8 Å². The fourth-order valence-electron chi connectivity index (χ4n) is 7.47. The topological polar surface area (TPSA) is 88.1 Å². The first-order chi connectivity index (χ1) is 19.9. The summed E-state index contributed by atoms with van der Waals surface area (Å²) in [6.07, 6.45) is 5.65. The Balaban J connectivity index is 1.47. The summed E-state index contributed by atoms with van der Waals surface area (Å²) in [5, 5.41) is 0. The van der Waals surface area contributed by atoms with Crippen molar-refractivity contribution in [1.82, 2.24) is 0 Å². The Hall–Kier alpha value is -3.71. The van der Waals surface area contributed by atoms with Crippen LogP contribution in [0.3, 0.4) is 0 Å². The van der Waals surface area contributed by atoms with Crippen LogP contribution in [0.25, 0.3) is 12.2 Å². The maximum absolute atomic E-state index is 13.2. The lowest BCUT2D eigenvalue weighted by Gasteiger charge is -2.61. The standard InChI is InChI=1S/C35H40O7/c1-23-20-28(40-30(37)18-16-25-12-8-6-9-13-25)32(39-24(2)36)34(5)29(21-27-22-35(23,34)42-33(27,3)4)41-31(38)19-17-26-14-10-7-11-15-26/h6-19,23,27-29,32H,20-22H2,1-5H3/t23-,27+,28-,29+,32-,34-,35+/m0/s1. The van der Waals surface area contributed by atoms with Gasteiger partial charge in [-0.15, -0.1) is 0 Å². The van der Waals surface area contributed by atoms with E-state index in [4.69, 9.17) is 18.9 Å². The summed E-state index contributed by atoms with van der Waals surface area (Å²) in [5.74, 6) is -1.46. The number of fused-ring (bicyclic) bond motifs is 1. The summed E-state index contributed by atoms with van der Waals surface area (Å²) in [5.41, 5.74) is -0.463. The van der Waals surface area contributed by atoms with Gasteiger partial charge >= 0.3 is 17.9 Å². The monoisotopic (exact) mass is 572 g/mol. The van der Waals surface area contributed by atoms with E-state index in [2.05, 4.69) is 20.8 Å². The van der Waals surface area contributed by atoms with Gasteiger partial charge in [0.2, 0.25) is 0 Å². The molecule has 2 saturated carbocycles. The molecule has 1 spiro atoms. The fourth-order valence-corrected chi connectivity index (χ4v) is 7.47. The molecule has 1 heterocycles. The molecule has 0 N–H and O–H groups in total. The van der Waals surface area contributed by atoms with Crippen molar-refractivity contribution in [2.24, 2.45) is 17.3 Å². The molecule has 5 rings (SSSR count). The Kier molecular flexibility index (Phi) is 8.17. The number of carbonyl (C=O) groups excluding carboxylic acids is 3. The predicted octanol–water partition coefficient (Wildman–Crippen LogP) is 6.17. The minimum atomic E-state index is -0.981. The molecule has 3 aliphatic rings. The summed E-state index contributed by atoms with van der Waals surface area (Å²) in [7, 11) is 0. The molecule has 7 atom stereocenters. The van der Waals surface area contributed by atoms with E-state index in [1.54, 1.807) is 12.2 Å². The molecule has 222 valence electrons. The van der Waals surface area contributed by atoms with Gasteiger partial charge in [0.15, 0.2) is 6.10 Å². The normalized spacial score (nSPS) is 33.2. The molecule has 7 heteroatoms. The third-order valence-electron chi connectivity index (χ3n) is 9.61. The van der Waals surface area contributed by atoms with Gasteiger partial charge in [-0.25, -0.2) is 9.59 Å². The van der Waals surface area contributed by atoms with E-state index < -0.39 is 52.8 Å². The molecule has 1 aliphatic heterocycles. The first-order valence-corrected chi connectivity index (χ1v) is 14.7. The average Bonchev–Trinajstić information content (AvgIpc) is 3.20. The van der Waals surface area contributed by atoms with Crippen LogP contribution in [0.2, 0.25) is 0 Å². The maximum Gasteiger partial charge on any atom is 0.331 e. The zero-order valence-corrected chi connectivity index (χ0v) is 24.9. The summed E-state index contributed by atoms with van der Waals surface area (Å²) in [6.45, 7) is 9.53. The number of esters is 3.